The first-order chi connectivity index (χ1) is 16.1. The maximum absolute atomic E-state index is 13.1. The van der Waals surface area contributed by atoms with E-state index in [2.05, 4.69) is 32.2 Å². The second-order valence-electron chi connectivity index (χ2n) is 7.76. The zero-order valence-electron chi connectivity index (χ0n) is 19.5. The molecule has 0 amide bonds. The van der Waals surface area contributed by atoms with Crippen LogP contribution in [0.15, 0.2) is 61.8 Å². The summed E-state index contributed by atoms with van der Waals surface area (Å²) in [6.45, 7) is 0. The SMILES string of the molecule is COc1cc(-c2ccc(C(=O)C(OC)c3ccc(-c4nnc(C5CC5)o4)cc3)o2)c[c-]c1Br.[CH3-].[U+2]. The summed E-state index contributed by atoms with van der Waals surface area (Å²) < 4.78 is 23.1. The summed E-state index contributed by atoms with van der Waals surface area (Å²) in [4.78, 5) is 13.1. The average molecular weight is 761 g/mol. The molecule has 1 aliphatic rings. The molecule has 35 heavy (non-hydrogen) atoms. The van der Waals surface area contributed by atoms with E-state index in [9.17, 15) is 4.79 Å². The number of nitrogens with zero attached hydrogens (tertiary/aromatic N) is 2. The van der Waals surface area contributed by atoms with Crippen molar-refractivity contribution in [2.45, 2.75) is 24.9 Å². The number of Topliss-reactive ketones (excluding diaryl/α,β-unsaturated/α-hetero) is 1. The summed E-state index contributed by atoms with van der Waals surface area (Å²) in [6, 6.07) is 17.3. The van der Waals surface area contributed by atoms with E-state index in [1.54, 1.807) is 25.3 Å². The summed E-state index contributed by atoms with van der Waals surface area (Å²) in [7, 11) is 3.07. The van der Waals surface area contributed by atoms with Crippen molar-refractivity contribution in [2.24, 2.45) is 0 Å². The minimum absolute atomic E-state index is 0. The number of furan rings is 1. The Balaban J connectivity index is 0.00000171. The third-order valence-electron chi connectivity index (χ3n) is 5.51. The minimum atomic E-state index is -0.811. The number of methoxy groups -OCH3 is 2. The summed E-state index contributed by atoms with van der Waals surface area (Å²) in [5.41, 5.74) is 2.24. The van der Waals surface area contributed by atoms with Gasteiger partial charge in [0.2, 0.25) is 17.6 Å². The molecule has 1 aliphatic carbocycles. The normalized spacial score (nSPS) is 13.5. The smallest absolute Gasteiger partial charge is 0.553 e. The molecular weight excluding hydrogens is 738 g/mol. The molecule has 1 saturated carbocycles. The zero-order chi connectivity index (χ0) is 22.9. The van der Waals surface area contributed by atoms with Crippen molar-refractivity contribution in [1.29, 1.82) is 0 Å². The van der Waals surface area contributed by atoms with Crippen LogP contribution in [0, 0.1) is 44.6 Å². The van der Waals surface area contributed by atoms with Crippen LogP contribution < -0.4 is 4.74 Å². The van der Waals surface area contributed by atoms with Gasteiger partial charge >= 0.3 is 31.1 Å². The van der Waals surface area contributed by atoms with E-state index in [0.29, 0.717) is 39.2 Å². The van der Waals surface area contributed by atoms with Gasteiger partial charge in [0.25, 0.3) is 0 Å². The predicted molar refractivity (Wildman–Crippen MR) is 129 cm³/mol. The maximum atomic E-state index is 13.1. The van der Waals surface area contributed by atoms with Gasteiger partial charge in [0, 0.05) is 24.3 Å². The van der Waals surface area contributed by atoms with Crippen LogP contribution >= 0.6 is 15.9 Å². The molecule has 2 aromatic heterocycles. The van der Waals surface area contributed by atoms with Crippen LogP contribution in [0.2, 0.25) is 0 Å². The summed E-state index contributed by atoms with van der Waals surface area (Å²) >= 11 is 3.38. The quantitative estimate of drug-likeness (QED) is 0.151. The number of halogens is 1. The van der Waals surface area contributed by atoms with Crippen molar-refractivity contribution in [3.63, 3.8) is 0 Å². The van der Waals surface area contributed by atoms with E-state index >= 15 is 0 Å². The Morgan fingerprint density at radius 2 is 1.83 bits per heavy atom. The number of ether oxygens (including phenoxy) is 2. The minimum Gasteiger partial charge on any atom is -0.553 e. The molecule has 5 rings (SSSR count). The Bertz CT molecular complexity index is 1300. The van der Waals surface area contributed by atoms with Gasteiger partial charge in [-0.2, -0.15) is 12.1 Å². The molecule has 0 aliphatic heterocycles. The van der Waals surface area contributed by atoms with Crippen molar-refractivity contribution in [3.8, 4) is 28.5 Å². The second-order valence-corrected chi connectivity index (χ2v) is 8.55. The summed E-state index contributed by atoms with van der Waals surface area (Å²) in [5.74, 6) is 2.64. The molecule has 7 nitrogen and oxygen atoms in total. The predicted octanol–water partition coefficient (Wildman–Crippen LogP) is 6.47. The van der Waals surface area contributed by atoms with E-state index in [1.165, 1.54) is 7.11 Å². The molecule has 0 radical (unpaired) electrons. The molecule has 0 saturated heterocycles. The number of carbonyl (C=O) groups excluding carboxylic acids is 1. The van der Waals surface area contributed by atoms with Crippen molar-refractivity contribution < 1.29 is 54.2 Å². The first-order valence-corrected chi connectivity index (χ1v) is 11.2. The van der Waals surface area contributed by atoms with Crippen LogP contribution in [0.3, 0.4) is 0 Å². The van der Waals surface area contributed by atoms with E-state index in [0.717, 1.165) is 24.0 Å². The summed E-state index contributed by atoms with van der Waals surface area (Å²) in [5, 5.41) is 8.25. The van der Waals surface area contributed by atoms with E-state index < -0.39 is 6.10 Å². The van der Waals surface area contributed by atoms with Crippen LogP contribution in [-0.2, 0) is 4.74 Å². The van der Waals surface area contributed by atoms with E-state index in [4.69, 9.17) is 18.3 Å². The van der Waals surface area contributed by atoms with E-state index in [1.807, 2.05) is 30.3 Å². The van der Waals surface area contributed by atoms with Gasteiger partial charge in [-0.3, -0.25) is 4.79 Å². The molecule has 4 aromatic rings. The number of aromatic nitrogens is 2. The fraction of sp³-hybridized carbons (Fsp3) is 0.231. The van der Waals surface area contributed by atoms with Crippen molar-refractivity contribution >= 4 is 21.7 Å². The molecule has 1 fully saturated rings. The van der Waals surface area contributed by atoms with Gasteiger partial charge in [0.1, 0.15) is 6.10 Å². The number of benzene rings is 2. The van der Waals surface area contributed by atoms with Gasteiger partial charge in [-0.25, -0.2) is 0 Å². The maximum Gasteiger partial charge on any atom is 2.00 e. The molecule has 0 bridgehead atoms. The topological polar surface area (TPSA) is 87.6 Å². The van der Waals surface area contributed by atoms with Gasteiger partial charge in [0.15, 0.2) is 5.76 Å². The zero-order valence-corrected chi connectivity index (χ0v) is 25.3. The first-order valence-electron chi connectivity index (χ1n) is 10.4. The Morgan fingerprint density at radius 3 is 2.49 bits per heavy atom. The third kappa shape index (κ3) is 5.81. The van der Waals surface area contributed by atoms with Crippen LogP contribution in [0.4, 0.5) is 0 Å². The molecule has 0 N–H and O–H groups in total. The Morgan fingerprint density at radius 1 is 1.09 bits per heavy atom. The Hall–Kier alpha value is -2.18. The number of hydrogen-bond donors (Lipinski definition) is 0. The average Bonchev–Trinajstić information content (AvgIpc) is 3.36. The number of hydrogen-bond acceptors (Lipinski definition) is 7. The third-order valence-corrected chi connectivity index (χ3v) is 6.13. The van der Waals surface area contributed by atoms with Crippen molar-refractivity contribution in [3.05, 3.63) is 83.7 Å². The molecular formula is C26H23BrN2O5U. The van der Waals surface area contributed by atoms with Crippen LogP contribution in [0.5, 0.6) is 5.75 Å². The van der Waals surface area contributed by atoms with Crippen LogP contribution in [-0.4, -0.2) is 30.2 Å². The van der Waals surface area contributed by atoms with Crippen LogP contribution in [0.25, 0.3) is 22.8 Å². The van der Waals surface area contributed by atoms with E-state index in [-0.39, 0.29) is 50.1 Å². The molecule has 1 atom stereocenters. The molecule has 0 spiro atoms. The first kappa shape index (κ1) is 27.4. The Labute approximate surface area is 236 Å². The van der Waals surface area contributed by atoms with Crippen molar-refractivity contribution in [1.82, 2.24) is 10.2 Å². The molecule has 1 unspecified atom stereocenters. The second kappa shape index (κ2) is 11.7. The van der Waals surface area contributed by atoms with Gasteiger partial charge in [-0.1, -0.05) is 38.1 Å². The molecule has 2 heterocycles. The fourth-order valence-corrected chi connectivity index (χ4v) is 3.94. The monoisotopic (exact) mass is 760 g/mol. The molecule has 2 aromatic carbocycles. The van der Waals surface area contributed by atoms with Crippen molar-refractivity contribution in [2.75, 3.05) is 14.2 Å². The standard InChI is InChI=1S/C25H20BrN2O5.CH3.U/c1-30-21-13-17(9-10-18(21)26)19-11-12-20(32-19)22(29)23(31-2)14-3-5-15(6-4-14)24-27-28-25(33-24)16-7-8-16;;/h3-6,9,11-13,16,23H,7-8H2,1-2H3;1H3;/q2*-1;+2. The van der Waals surface area contributed by atoms with Gasteiger partial charge in [0.05, 0.1) is 12.9 Å². The van der Waals surface area contributed by atoms with Gasteiger partial charge < -0.3 is 25.7 Å². The molecule has 178 valence electrons. The van der Waals surface area contributed by atoms with Gasteiger partial charge in [-0.05, 0) is 42.7 Å². The van der Waals surface area contributed by atoms with Gasteiger partial charge in [-0.15, -0.1) is 16.3 Å². The summed E-state index contributed by atoms with van der Waals surface area (Å²) in [6.07, 6.45) is 1.38. The number of ketones is 1. The van der Waals surface area contributed by atoms with Crippen LogP contribution in [0.1, 0.15) is 46.9 Å². The number of rotatable bonds is 8. The number of carbonyl (C=O) groups is 1. The largest absolute Gasteiger partial charge is 2.00 e. The fourth-order valence-electron chi connectivity index (χ4n) is 3.55. The Kier molecular flexibility index (Phi) is 9.17. The molecule has 9 heteroatoms.